The van der Waals surface area contributed by atoms with Gasteiger partial charge in [-0.15, -0.1) is 0 Å². The van der Waals surface area contributed by atoms with Crippen LogP contribution in [0.25, 0.3) is 0 Å². The van der Waals surface area contributed by atoms with Gasteiger partial charge >= 0.3 is 0 Å². The van der Waals surface area contributed by atoms with Gasteiger partial charge in [-0.3, -0.25) is 0 Å². The van der Waals surface area contributed by atoms with Crippen molar-refractivity contribution in [1.29, 1.82) is 0 Å². The van der Waals surface area contributed by atoms with Gasteiger partial charge in [-0.05, 0) is 18.2 Å². The second kappa shape index (κ2) is 6.20. The van der Waals surface area contributed by atoms with Gasteiger partial charge in [-0.25, -0.2) is 0 Å². The number of aryl methyl sites for hydroxylation is 1. The molecule has 1 N–H and O–H groups in total. The number of furan rings is 1. The van der Waals surface area contributed by atoms with E-state index in [1.807, 2.05) is 13.0 Å². The number of hydrogen-bond donors (Lipinski definition) is 1. The topological polar surface area (TPSA) is 51.8 Å². The summed E-state index contributed by atoms with van der Waals surface area (Å²) in [6.45, 7) is 1.98. The molecule has 5 heteroatoms. The van der Waals surface area contributed by atoms with Gasteiger partial charge in [0.2, 0.25) is 0 Å². The number of rotatable bonds is 5. The van der Waals surface area contributed by atoms with Crippen molar-refractivity contribution in [3.05, 3.63) is 46.4 Å². The van der Waals surface area contributed by atoms with Crippen molar-refractivity contribution in [3.63, 3.8) is 0 Å². The summed E-state index contributed by atoms with van der Waals surface area (Å²) in [4.78, 5) is 0. The summed E-state index contributed by atoms with van der Waals surface area (Å²) >= 11 is 6.19. The average molecular weight is 297 g/mol. The molecule has 0 saturated carbocycles. The maximum Gasteiger partial charge on any atom is 0.162 e. The third kappa shape index (κ3) is 2.76. The summed E-state index contributed by atoms with van der Waals surface area (Å²) in [7, 11) is 3.06. The second-order valence-electron chi connectivity index (χ2n) is 4.29. The van der Waals surface area contributed by atoms with E-state index in [9.17, 15) is 5.11 Å². The quantitative estimate of drug-likeness (QED) is 0.916. The van der Waals surface area contributed by atoms with E-state index in [4.69, 9.17) is 25.5 Å². The molecule has 0 amide bonds. The molecule has 108 valence electrons. The van der Waals surface area contributed by atoms with Crippen LogP contribution in [-0.4, -0.2) is 19.3 Å². The van der Waals surface area contributed by atoms with Crippen LogP contribution in [0.2, 0.25) is 5.02 Å². The van der Waals surface area contributed by atoms with Crippen LogP contribution >= 0.6 is 11.6 Å². The van der Waals surface area contributed by atoms with Gasteiger partial charge in [0, 0.05) is 18.1 Å². The van der Waals surface area contributed by atoms with Gasteiger partial charge in [0.05, 0.1) is 19.2 Å². The van der Waals surface area contributed by atoms with Crippen LogP contribution < -0.4 is 9.47 Å². The molecule has 1 aromatic carbocycles. The molecule has 1 atom stereocenters. The van der Waals surface area contributed by atoms with E-state index in [2.05, 4.69) is 0 Å². The second-order valence-corrected chi connectivity index (χ2v) is 4.70. The van der Waals surface area contributed by atoms with Crippen molar-refractivity contribution < 1.29 is 19.0 Å². The number of aliphatic hydroxyl groups is 1. The highest BCUT2D eigenvalue weighted by Gasteiger charge is 2.20. The Balaban J connectivity index is 2.40. The van der Waals surface area contributed by atoms with E-state index in [1.165, 1.54) is 14.2 Å². The lowest BCUT2D eigenvalue weighted by Gasteiger charge is -2.14. The molecule has 0 spiro atoms. The highest BCUT2D eigenvalue weighted by atomic mass is 35.5. The van der Waals surface area contributed by atoms with E-state index in [0.717, 1.165) is 12.2 Å². The number of methoxy groups -OCH3 is 2. The normalized spacial score (nSPS) is 12.2. The van der Waals surface area contributed by atoms with E-state index in [0.29, 0.717) is 27.8 Å². The third-order valence-electron chi connectivity index (χ3n) is 3.10. The number of aliphatic hydroxyl groups excluding tert-OH is 1. The molecule has 1 unspecified atom stereocenters. The van der Waals surface area contributed by atoms with E-state index in [-0.39, 0.29) is 0 Å². The molecule has 1 aromatic heterocycles. The molecule has 2 aromatic rings. The van der Waals surface area contributed by atoms with E-state index < -0.39 is 6.10 Å². The Bertz CT molecular complexity index is 592. The average Bonchev–Trinajstić information content (AvgIpc) is 2.95. The minimum absolute atomic E-state index is 0.393. The maximum atomic E-state index is 10.4. The molecule has 0 bridgehead atoms. The van der Waals surface area contributed by atoms with Gasteiger partial charge in [0.15, 0.2) is 11.5 Å². The maximum absolute atomic E-state index is 10.4. The van der Waals surface area contributed by atoms with E-state index >= 15 is 0 Å². The van der Waals surface area contributed by atoms with Gasteiger partial charge in [-0.1, -0.05) is 18.5 Å². The number of ether oxygens (including phenoxy) is 2. The number of halogens is 1. The highest BCUT2D eigenvalue weighted by molar-refractivity contribution is 6.31. The summed E-state index contributed by atoms with van der Waals surface area (Å²) in [6.07, 6.45) is -0.172. The van der Waals surface area contributed by atoms with Crippen LogP contribution in [0.4, 0.5) is 0 Å². The predicted molar refractivity (Wildman–Crippen MR) is 76.7 cm³/mol. The van der Waals surface area contributed by atoms with Crippen molar-refractivity contribution in [2.75, 3.05) is 14.2 Å². The molecule has 0 aliphatic heterocycles. The zero-order valence-corrected chi connectivity index (χ0v) is 12.4. The summed E-state index contributed by atoms with van der Waals surface area (Å²) in [5, 5.41) is 10.8. The first-order chi connectivity index (χ1) is 9.60. The Kier molecular flexibility index (Phi) is 4.57. The molecular weight excluding hydrogens is 280 g/mol. The monoisotopic (exact) mass is 296 g/mol. The molecule has 0 aliphatic rings. The summed E-state index contributed by atoms with van der Waals surface area (Å²) in [5.74, 6) is 2.29. The van der Waals surface area contributed by atoms with Crippen molar-refractivity contribution in [2.24, 2.45) is 0 Å². The lowest BCUT2D eigenvalue weighted by atomic mass is 10.1. The number of benzene rings is 1. The minimum atomic E-state index is -0.942. The van der Waals surface area contributed by atoms with Crippen LogP contribution in [0, 0.1) is 0 Å². The molecule has 2 rings (SSSR count). The highest BCUT2D eigenvalue weighted by Crippen LogP contribution is 2.38. The zero-order valence-electron chi connectivity index (χ0n) is 11.6. The molecule has 4 nitrogen and oxygen atoms in total. The Hall–Kier alpha value is -1.65. The Morgan fingerprint density at radius 1 is 1.20 bits per heavy atom. The summed E-state index contributed by atoms with van der Waals surface area (Å²) in [5.41, 5.74) is 0.515. The van der Waals surface area contributed by atoms with Gasteiger partial charge in [0.25, 0.3) is 0 Å². The lowest BCUT2D eigenvalue weighted by Crippen LogP contribution is -2.01. The SMILES string of the molecule is CCc1ccc(C(O)c2cc(OC)c(OC)cc2Cl)o1. The Morgan fingerprint density at radius 2 is 1.85 bits per heavy atom. The fourth-order valence-electron chi connectivity index (χ4n) is 1.96. The largest absolute Gasteiger partial charge is 0.493 e. The van der Waals surface area contributed by atoms with Crippen molar-refractivity contribution in [1.82, 2.24) is 0 Å². The van der Waals surface area contributed by atoms with Crippen LogP contribution in [0.3, 0.4) is 0 Å². The van der Waals surface area contributed by atoms with Crippen molar-refractivity contribution in [2.45, 2.75) is 19.4 Å². The first kappa shape index (κ1) is 14.8. The molecule has 0 radical (unpaired) electrons. The molecule has 20 heavy (non-hydrogen) atoms. The molecule has 0 saturated heterocycles. The van der Waals surface area contributed by atoms with Gasteiger partial charge in [0.1, 0.15) is 17.6 Å². The fourth-order valence-corrected chi connectivity index (χ4v) is 2.22. The van der Waals surface area contributed by atoms with Crippen molar-refractivity contribution in [3.8, 4) is 11.5 Å². The fraction of sp³-hybridized carbons (Fsp3) is 0.333. The smallest absolute Gasteiger partial charge is 0.162 e. The van der Waals surface area contributed by atoms with Crippen LogP contribution in [-0.2, 0) is 6.42 Å². The minimum Gasteiger partial charge on any atom is -0.493 e. The Morgan fingerprint density at radius 3 is 2.40 bits per heavy atom. The predicted octanol–water partition coefficient (Wildman–Crippen LogP) is 3.59. The Labute approximate surface area is 122 Å². The molecule has 0 fully saturated rings. The standard InChI is InChI=1S/C15H17ClO4/c1-4-9-5-6-12(20-9)15(17)10-7-13(18-2)14(19-3)8-11(10)16/h5-8,15,17H,4H2,1-3H3. The molecule has 1 heterocycles. The summed E-state index contributed by atoms with van der Waals surface area (Å²) < 4.78 is 15.9. The van der Waals surface area contributed by atoms with Gasteiger partial charge in [-0.2, -0.15) is 0 Å². The van der Waals surface area contributed by atoms with Crippen LogP contribution in [0.15, 0.2) is 28.7 Å². The third-order valence-corrected chi connectivity index (χ3v) is 3.43. The lowest BCUT2D eigenvalue weighted by molar-refractivity contribution is 0.186. The molecular formula is C15H17ClO4. The first-order valence-corrected chi connectivity index (χ1v) is 6.66. The summed E-state index contributed by atoms with van der Waals surface area (Å²) in [6, 6.07) is 6.85. The van der Waals surface area contributed by atoms with Crippen LogP contribution in [0.5, 0.6) is 11.5 Å². The van der Waals surface area contributed by atoms with Crippen LogP contribution in [0.1, 0.15) is 30.1 Å². The zero-order chi connectivity index (χ0) is 14.7. The first-order valence-electron chi connectivity index (χ1n) is 6.28. The van der Waals surface area contributed by atoms with E-state index in [1.54, 1.807) is 18.2 Å². The van der Waals surface area contributed by atoms with Crippen molar-refractivity contribution >= 4 is 11.6 Å². The number of hydrogen-bond acceptors (Lipinski definition) is 4. The van der Waals surface area contributed by atoms with Gasteiger partial charge < -0.3 is 19.0 Å². The molecule has 0 aliphatic carbocycles.